The van der Waals surface area contributed by atoms with E-state index in [0.29, 0.717) is 31.1 Å². The lowest BCUT2D eigenvalue weighted by Crippen LogP contribution is -2.54. The number of aryl methyl sites for hydroxylation is 1. The molecule has 2 aliphatic rings. The van der Waals surface area contributed by atoms with Crippen LogP contribution in [0.2, 0.25) is 0 Å². The van der Waals surface area contributed by atoms with Crippen molar-refractivity contribution in [3.8, 4) is 5.75 Å². The lowest BCUT2D eigenvalue weighted by Gasteiger charge is -2.41. The van der Waals surface area contributed by atoms with Gasteiger partial charge in [0.1, 0.15) is 11.6 Å². The minimum absolute atomic E-state index is 0.134. The van der Waals surface area contributed by atoms with E-state index in [9.17, 15) is 14.0 Å². The molecule has 2 amide bonds. The molecule has 0 radical (unpaired) electrons. The van der Waals surface area contributed by atoms with Crippen LogP contribution in [0.5, 0.6) is 5.75 Å². The number of benzene rings is 2. The number of carbonyl (C=O) groups is 2. The predicted octanol–water partition coefficient (Wildman–Crippen LogP) is 4.94. The van der Waals surface area contributed by atoms with E-state index in [4.69, 9.17) is 4.74 Å². The zero-order chi connectivity index (χ0) is 25.7. The molecule has 1 aliphatic heterocycles. The van der Waals surface area contributed by atoms with Gasteiger partial charge in [-0.15, -0.1) is 0 Å². The Labute approximate surface area is 213 Å². The van der Waals surface area contributed by atoms with E-state index in [0.717, 1.165) is 61.2 Å². The van der Waals surface area contributed by atoms with Crippen molar-refractivity contribution in [2.45, 2.75) is 65.0 Å². The number of hydrogen-bond acceptors (Lipinski definition) is 4. The fourth-order valence-corrected chi connectivity index (χ4v) is 5.55. The van der Waals surface area contributed by atoms with Crippen LogP contribution < -0.4 is 10.1 Å². The van der Waals surface area contributed by atoms with Crippen LogP contribution in [0.15, 0.2) is 36.4 Å². The van der Waals surface area contributed by atoms with Crippen LogP contribution in [0.3, 0.4) is 0 Å². The molecule has 1 atom stereocenters. The lowest BCUT2D eigenvalue weighted by atomic mass is 10.0. The summed E-state index contributed by atoms with van der Waals surface area (Å²) in [4.78, 5) is 29.9. The molecule has 6 nitrogen and oxygen atoms in total. The maximum absolute atomic E-state index is 14.5. The van der Waals surface area contributed by atoms with E-state index in [1.165, 1.54) is 6.07 Å². The molecule has 2 aromatic carbocycles. The highest BCUT2D eigenvalue weighted by atomic mass is 19.1. The van der Waals surface area contributed by atoms with E-state index in [2.05, 4.69) is 17.1 Å². The van der Waals surface area contributed by atoms with Crippen molar-refractivity contribution < 1.29 is 18.7 Å². The standard InChI is InChI=1S/C29H38FN3O3/c1-20-18-32(14-15-33(20)29(35)23-9-4-5-10-23)19-24-16-25(30)17-26(21(24)2)31-28(34)13-12-22-8-6-7-11-27(22)36-3/h6-8,11,16-17,20,23H,4-5,9-10,12-15,18-19H2,1-3H3,(H,31,34). The molecule has 1 unspecified atom stereocenters. The molecule has 1 heterocycles. The minimum atomic E-state index is -0.362. The number of ether oxygens (including phenoxy) is 1. The molecule has 0 aromatic heterocycles. The highest BCUT2D eigenvalue weighted by Crippen LogP contribution is 2.29. The van der Waals surface area contributed by atoms with Crippen LogP contribution in [-0.2, 0) is 22.6 Å². The average Bonchev–Trinajstić information content (AvgIpc) is 3.40. The number of carbonyl (C=O) groups excluding carboxylic acids is 2. The molecule has 1 N–H and O–H groups in total. The number of methoxy groups -OCH3 is 1. The number of hydrogen-bond donors (Lipinski definition) is 1. The summed E-state index contributed by atoms with van der Waals surface area (Å²) in [5, 5.41) is 2.91. The predicted molar refractivity (Wildman–Crippen MR) is 139 cm³/mol. The Morgan fingerprint density at radius 1 is 1.11 bits per heavy atom. The Bertz CT molecular complexity index is 1080. The van der Waals surface area contributed by atoms with Gasteiger partial charge in [-0.3, -0.25) is 14.5 Å². The van der Waals surface area contributed by atoms with Crippen molar-refractivity contribution in [2.24, 2.45) is 5.92 Å². The first-order valence-corrected chi connectivity index (χ1v) is 13.1. The molecule has 0 bridgehead atoms. The molecule has 194 valence electrons. The van der Waals surface area contributed by atoms with Crippen LogP contribution >= 0.6 is 0 Å². The molecule has 1 aliphatic carbocycles. The summed E-state index contributed by atoms with van der Waals surface area (Å²) in [5.41, 5.74) is 3.21. The molecular weight excluding hydrogens is 457 g/mol. The normalized spacial score (nSPS) is 18.9. The Balaban J connectivity index is 1.36. The van der Waals surface area contributed by atoms with Crippen LogP contribution in [0.1, 0.15) is 55.7 Å². The number of nitrogens with zero attached hydrogens (tertiary/aromatic N) is 2. The van der Waals surface area contributed by atoms with Crippen molar-refractivity contribution >= 4 is 17.5 Å². The fraction of sp³-hybridized carbons (Fsp3) is 0.517. The molecular formula is C29H38FN3O3. The molecule has 0 spiro atoms. The molecule has 36 heavy (non-hydrogen) atoms. The molecule has 4 rings (SSSR count). The van der Waals surface area contributed by atoms with Crippen molar-refractivity contribution in [1.29, 1.82) is 0 Å². The van der Waals surface area contributed by atoms with Crippen LogP contribution in [0, 0.1) is 18.7 Å². The van der Waals surface area contributed by atoms with Gasteiger partial charge >= 0.3 is 0 Å². The summed E-state index contributed by atoms with van der Waals surface area (Å²) in [5.74, 6) is 0.735. The summed E-state index contributed by atoms with van der Waals surface area (Å²) >= 11 is 0. The van der Waals surface area contributed by atoms with Crippen molar-refractivity contribution in [2.75, 3.05) is 32.1 Å². The van der Waals surface area contributed by atoms with E-state index in [1.54, 1.807) is 13.2 Å². The summed E-state index contributed by atoms with van der Waals surface area (Å²) in [6.45, 7) is 6.84. The molecule has 2 fully saturated rings. The topological polar surface area (TPSA) is 61.9 Å². The number of nitrogens with one attached hydrogen (secondary N) is 1. The molecule has 7 heteroatoms. The second kappa shape index (κ2) is 11.9. The van der Waals surface area contributed by atoms with Crippen LogP contribution in [-0.4, -0.2) is 54.4 Å². The summed E-state index contributed by atoms with van der Waals surface area (Å²) in [7, 11) is 1.62. The molecule has 1 saturated heterocycles. The highest BCUT2D eigenvalue weighted by molar-refractivity contribution is 5.91. The summed E-state index contributed by atoms with van der Waals surface area (Å²) < 4.78 is 19.9. The van der Waals surface area contributed by atoms with Gasteiger partial charge in [-0.1, -0.05) is 31.0 Å². The first-order chi connectivity index (χ1) is 17.4. The Morgan fingerprint density at radius 2 is 1.86 bits per heavy atom. The van der Waals surface area contributed by atoms with E-state index in [1.807, 2.05) is 36.1 Å². The SMILES string of the molecule is COc1ccccc1CCC(=O)Nc1cc(F)cc(CN2CCN(C(=O)C3CCCC3)C(C)C2)c1C. The van der Waals surface area contributed by atoms with Gasteiger partial charge in [0.05, 0.1) is 7.11 Å². The third-order valence-corrected chi connectivity index (χ3v) is 7.66. The van der Waals surface area contributed by atoms with Crippen molar-refractivity contribution in [3.63, 3.8) is 0 Å². The minimum Gasteiger partial charge on any atom is -0.496 e. The number of piperazine rings is 1. The fourth-order valence-electron chi connectivity index (χ4n) is 5.55. The van der Waals surface area contributed by atoms with E-state index >= 15 is 0 Å². The first-order valence-electron chi connectivity index (χ1n) is 13.1. The van der Waals surface area contributed by atoms with Gasteiger partial charge in [0.15, 0.2) is 0 Å². The molecule has 2 aromatic rings. The van der Waals surface area contributed by atoms with Crippen molar-refractivity contribution in [1.82, 2.24) is 9.80 Å². The van der Waals surface area contributed by atoms with Gasteiger partial charge < -0.3 is 15.0 Å². The second-order valence-corrected chi connectivity index (χ2v) is 10.2. The van der Waals surface area contributed by atoms with Crippen LogP contribution in [0.25, 0.3) is 0 Å². The van der Waals surface area contributed by atoms with Crippen LogP contribution in [0.4, 0.5) is 10.1 Å². The van der Waals surface area contributed by atoms with Gasteiger partial charge in [0.25, 0.3) is 0 Å². The Hall–Kier alpha value is -2.93. The summed E-state index contributed by atoms with van der Waals surface area (Å²) in [6.07, 6.45) is 5.16. The number of para-hydroxylation sites is 1. The third-order valence-electron chi connectivity index (χ3n) is 7.66. The third kappa shape index (κ3) is 6.25. The number of halogens is 1. The largest absolute Gasteiger partial charge is 0.496 e. The molecule has 1 saturated carbocycles. The first kappa shape index (κ1) is 26.1. The van der Waals surface area contributed by atoms with Gasteiger partial charge in [0, 0.05) is 50.2 Å². The van der Waals surface area contributed by atoms with Gasteiger partial charge in [0.2, 0.25) is 11.8 Å². The van der Waals surface area contributed by atoms with Crippen molar-refractivity contribution in [3.05, 3.63) is 58.9 Å². The van der Waals surface area contributed by atoms with E-state index < -0.39 is 0 Å². The monoisotopic (exact) mass is 495 g/mol. The van der Waals surface area contributed by atoms with Gasteiger partial charge in [-0.25, -0.2) is 4.39 Å². The number of rotatable bonds is 8. The lowest BCUT2D eigenvalue weighted by molar-refractivity contribution is -0.140. The second-order valence-electron chi connectivity index (χ2n) is 10.2. The number of anilines is 1. The Kier molecular flexibility index (Phi) is 8.62. The maximum atomic E-state index is 14.5. The van der Waals surface area contributed by atoms with Gasteiger partial charge in [-0.05, 0) is 68.0 Å². The summed E-state index contributed by atoms with van der Waals surface area (Å²) in [6, 6.07) is 10.7. The smallest absolute Gasteiger partial charge is 0.226 e. The zero-order valence-corrected chi connectivity index (χ0v) is 21.7. The highest BCUT2D eigenvalue weighted by Gasteiger charge is 2.33. The number of amides is 2. The maximum Gasteiger partial charge on any atom is 0.226 e. The zero-order valence-electron chi connectivity index (χ0n) is 21.7. The average molecular weight is 496 g/mol. The van der Waals surface area contributed by atoms with Gasteiger partial charge in [-0.2, -0.15) is 0 Å². The van der Waals surface area contributed by atoms with E-state index in [-0.39, 0.29) is 30.1 Å². The Morgan fingerprint density at radius 3 is 2.58 bits per heavy atom. The quantitative estimate of drug-likeness (QED) is 0.564.